The van der Waals surface area contributed by atoms with Gasteiger partial charge in [0, 0.05) is 20.3 Å². The lowest BCUT2D eigenvalue weighted by Crippen LogP contribution is -2.62. The molecule has 0 aromatic carbocycles. The smallest absolute Gasteiger partial charge is 0.221 e. The summed E-state index contributed by atoms with van der Waals surface area (Å²) in [6, 6.07) is 0. The van der Waals surface area contributed by atoms with Gasteiger partial charge >= 0.3 is 0 Å². The Morgan fingerprint density at radius 3 is 1.79 bits per heavy atom. The van der Waals surface area contributed by atoms with Crippen molar-refractivity contribution in [2.24, 2.45) is 0 Å². The van der Waals surface area contributed by atoms with Crippen LogP contribution in [0.15, 0.2) is 24.6 Å². The van der Waals surface area contributed by atoms with Gasteiger partial charge in [-0.25, -0.2) is 0 Å². The molecule has 1 aliphatic rings. The first-order valence-corrected chi connectivity index (χ1v) is 14.8. The molecule has 0 radical (unpaired) electrons. The first-order chi connectivity index (χ1) is 16.6. The predicted molar refractivity (Wildman–Crippen MR) is 148 cm³/mol. The number of unbranched alkanes of at least 4 members (excludes halogenated alkanes) is 16. The first kappa shape index (κ1) is 30.7. The Morgan fingerprint density at radius 1 is 0.882 bits per heavy atom. The van der Waals surface area contributed by atoms with Gasteiger partial charge in [0.25, 0.3) is 0 Å². The van der Waals surface area contributed by atoms with Gasteiger partial charge in [-0.1, -0.05) is 102 Å². The summed E-state index contributed by atoms with van der Waals surface area (Å²) in [5.41, 5.74) is 0. The van der Waals surface area contributed by atoms with Crippen LogP contribution in [0.2, 0.25) is 0 Å². The van der Waals surface area contributed by atoms with E-state index in [1.165, 1.54) is 116 Å². The van der Waals surface area contributed by atoms with E-state index in [9.17, 15) is 4.79 Å². The highest BCUT2D eigenvalue weighted by Crippen LogP contribution is 2.26. The van der Waals surface area contributed by atoms with Gasteiger partial charge in [-0.2, -0.15) is 0 Å². The van der Waals surface area contributed by atoms with E-state index < -0.39 is 0 Å². The molecule has 4 nitrogen and oxygen atoms in total. The zero-order valence-corrected chi connectivity index (χ0v) is 23.3. The average Bonchev–Trinajstić information content (AvgIpc) is 3.24. The maximum absolute atomic E-state index is 11.6. The molecule has 2 N–H and O–H groups in total. The lowest BCUT2D eigenvalue weighted by molar-refractivity contribution is -0.923. The molecule has 0 bridgehead atoms. The quantitative estimate of drug-likeness (QED) is 0.0937. The third-order valence-electron chi connectivity index (χ3n) is 7.74. The molecule has 0 aromatic rings. The highest BCUT2D eigenvalue weighted by Gasteiger charge is 2.41. The highest BCUT2D eigenvalue weighted by atomic mass is 16.1. The van der Waals surface area contributed by atoms with E-state index in [-0.39, 0.29) is 12.1 Å². The number of nitrogens with one attached hydrogen (secondary N) is 2. The van der Waals surface area contributed by atoms with Gasteiger partial charge < -0.3 is 10.6 Å². The van der Waals surface area contributed by atoms with Gasteiger partial charge in [-0.15, -0.1) is 0 Å². The van der Waals surface area contributed by atoms with Gasteiger partial charge in [-0.05, 0) is 33.1 Å². The van der Waals surface area contributed by atoms with Crippen molar-refractivity contribution in [1.29, 1.82) is 0 Å². The number of hydrogen-bond acceptors (Lipinski definition) is 2. The molecule has 0 saturated carbocycles. The van der Waals surface area contributed by atoms with Crippen molar-refractivity contribution in [2.45, 2.75) is 156 Å². The molecule has 34 heavy (non-hydrogen) atoms. The molecule has 0 aliphatic carbocycles. The highest BCUT2D eigenvalue weighted by molar-refractivity contribution is 5.72. The number of nitrogens with zero attached hydrogens (tertiary/aromatic N) is 1. The van der Waals surface area contributed by atoms with Gasteiger partial charge in [0.2, 0.25) is 5.91 Å². The van der Waals surface area contributed by atoms with E-state index in [1.54, 1.807) is 6.92 Å². The van der Waals surface area contributed by atoms with Crippen LogP contribution in [0.3, 0.4) is 0 Å². The van der Waals surface area contributed by atoms with Gasteiger partial charge in [-0.3, -0.25) is 9.28 Å². The van der Waals surface area contributed by atoms with Crippen LogP contribution in [-0.2, 0) is 4.79 Å². The van der Waals surface area contributed by atoms with Crippen molar-refractivity contribution in [3.8, 4) is 0 Å². The Bertz CT molecular complexity index is 559. The zero-order chi connectivity index (χ0) is 24.9. The minimum Gasteiger partial charge on any atom is -0.338 e. The monoisotopic (exact) mass is 476 g/mol. The average molecular weight is 477 g/mol. The van der Waals surface area contributed by atoms with Crippen molar-refractivity contribution in [3.05, 3.63) is 24.6 Å². The SMILES string of the molecule is C/C=C/CCCCCCCCCCCCCCCCCCC1NC=C[N+]1(CC)C(C)NC(C)=O. The summed E-state index contributed by atoms with van der Waals surface area (Å²) in [5.74, 6) is 0.0548. The Balaban J connectivity index is 1.92. The lowest BCUT2D eigenvalue weighted by atomic mass is 10.0. The molecule has 0 saturated heterocycles. The Hall–Kier alpha value is -1.29. The lowest BCUT2D eigenvalue weighted by Gasteiger charge is -2.41. The maximum atomic E-state index is 11.6. The molecule has 1 aliphatic heterocycles. The summed E-state index contributed by atoms with van der Waals surface area (Å²) in [7, 11) is 0. The predicted octanol–water partition coefficient (Wildman–Crippen LogP) is 8.30. The number of amides is 1. The minimum atomic E-state index is 0.0548. The van der Waals surface area contributed by atoms with E-state index >= 15 is 0 Å². The molecule has 0 aromatic heterocycles. The normalized spacial score (nSPS) is 20.6. The van der Waals surface area contributed by atoms with Gasteiger partial charge in [0.05, 0.1) is 12.7 Å². The first-order valence-electron chi connectivity index (χ1n) is 14.8. The summed E-state index contributed by atoms with van der Waals surface area (Å²) in [6.45, 7) is 9.07. The number of quaternary nitrogens is 1. The summed E-state index contributed by atoms with van der Waals surface area (Å²) in [5, 5.41) is 6.66. The number of rotatable bonds is 22. The largest absolute Gasteiger partial charge is 0.338 e. The van der Waals surface area contributed by atoms with Crippen LogP contribution in [0.4, 0.5) is 0 Å². The zero-order valence-electron chi connectivity index (χ0n) is 23.3. The Labute approximate surface area is 212 Å². The van der Waals surface area contributed by atoms with Crippen molar-refractivity contribution in [1.82, 2.24) is 10.6 Å². The van der Waals surface area contributed by atoms with E-state index in [0.29, 0.717) is 6.17 Å². The van der Waals surface area contributed by atoms with Crippen LogP contribution >= 0.6 is 0 Å². The van der Waals surface area contributed by atoms with E-state index in [4.69, 9.17) is 0 Å². The second-order valence-electron chi connectivity index (χ2n) is 10.5. The molecule has 3 atom stereocenters. The number of hydrogen-bond donors (Lipinski definition) is 2. The molecule has 0 spiro atoms. The molecule has 198 valence electrons. The van der Waals surface area contributed by atoms with E-state index in [1.807, 2.05) is 0 Å². The molecule has 1 heterocycles. The fourth-order valence-electron chi connectivity index (χ4n) is 5.51. The van der Waals surface area contributed by atoms with Crippen molar-refractivity contribution >= 4 is 5.91 Å². The molecular weight excluding hydrogens is 418 g/mol. The van der Waals surface area contributed by atoms with E-state index in [0.717, 1.165) is 11.0 Å². The van der Waals surface area contributed by atoms with Gasteiger partial charge in [0.15, 0.2) is 12.3 Å². The van der Waals surface area contributed by atoms with Crippen LogP contribution in [0, 0.1) is 0 Å². The maximum Gasteiger partial charge on any atom is 0.221 e. The molecule has 4 heteroatoms. The second kappa shape index (κ2) is 20.0. The standard InChI is InChI=1S/C30H57N3O/c1-5-7-8-9-10-11-12-13-14-15-16-17-18-19-20-21-22-23-24-25-30-31-26-27-33(30,6-2)28(3)32-29(4)34/h5,7,26-28,30-31H,6,8-25H2,1-4H3/p+1/b7-5+. The molecule has 1 amide bonds. The third kappa shape index (κ3) is 13.0. The van der Waals surface area contributed by atoms with Crippen LogP contribution in [-0.4, -0.2) is 29.3 Å². The molecular formula is C30H58N3O+. The fraction of sp³-hybridized carbons (Fsp3) is 0.833. The summed E-state index contributed by atoms with van der Waals surface area (Å²) < 4.78 is 0.816. The Kier molecular flexibility index (Phi) is 18.0. The summed E-state index contributed by atoms with van der Waals surface area (Å²) in [6.07, 6.45) is 34.2. The minimum absolute atomic E-state index is 0.0548. The number of carbonyl (C=O) groups excluding carboxylic acids is 1. The topological polar surface area (TPSA) is 41.1 Å². The second-order valence-corrected chi connectivity index (χ2v) is 10.5. The molecule has 1 rings (SSSR count). The van der Waals surface area contributed by atoms with Gasteiger partial charge in [0.1, 0.15) is 6.20 Å². The van der Waals surface area contributed by atoms with Crippen LogP contribution in [0.5, 0.6) is 0 Å². The van der Waals surface area contributed by atoms with Crippen molar-refractivity contribution in [3.63, 3.8) is 0 Å². The van der Waals surface area contributed by atoms with E-state index in [2.05, 4.69) is 56.0 Å². The van der Waals surface area contributed by atoms with Crippen molar-refractivity contribution < 1.29 is 9.28 Å². The third-order valence-corrected chi connectivity index (χ3v) is 7.74. The molecule has 0 fully saturated rings. The fourth-order valence-corrected chi connectivity index (χ4v) is 5.51. The van der Waals surface area contributed by atoms with Crippen LogP contribution < -0.4 is 10.6 Å². The number of carbonyl (C=O) groups is 1. The Morgan fingerprint density at radius 2 is 1.35 bits per heavy atom. The molecule has 3 unspecified atom stereocenters. The summed E-state index contributed by atoms with van der Waals surface area (Å²) in [4.78, 5) is 11.6. The summed E-state index contributed by atoms with van der Waals surface area (Å²) >= 11 is 0. The van der Waals surface area contributed by atoms with Crippen molar-refractivity contribution in [2.75, 3.05) is 6.54 Å². The van der Waals surface area contributed by atoms with Crippen LogP contribution in [0.25, 0.3) is 0 Å². The van der Waals surface area contributed by atoms with Crippen LogP contribution in [0.1, 0.15) is 143 Å². The number of allylic oxidation sites excluding steroid dienone is 2.